The van der Waals surface area contributed by atoms with Crippen LogP contribution in [0.1, 0.15) is 19.9 Å². The summed E-state index contributed by atoms with van der Waals surface area (Å²) >= 11 is 1.55. The van der Waals surface area contributed by atoms with Gasteiger partial charge in [0.05, 0.1) is 26.4 Å². The summed E-state index contributed by atoms with van der Waals surface area (Å²) in [4.78, 5) is 2.24. The van der Waals surface area contributed by atoms with Gasteiger partial charge in [-0.3, -0.25) is 9.47 Å². The van der Waals surface area contributed by atoms with E-state index >= 15 is 0 Å². The van der Waals surface area contributed by atoms with Gasteiger partial charge in [-0.2, -0.15) is 0 Å². The van der Waals surface area contributed by atoms with Gasteiger partial charge in [-0.25, -0.2) is 0 Å². The van der Waals surface area contributed by atoms with Crippen molar-refractivity contribution < 1.29 is 14.6 Å². The third-order valence-electron chi connectivity index (χ3n) is 4.51. The predicted octanol–water partition coefficient (Wildman–Crippen LogP) is 2.32. The number of rotatable bonds is 8. The minimum Gasteiger partial charge on any atom is -0.497 e. The molecule has 3 rings (SSSR count). The molecule has 1 saturated heterocycles. The third-order valence-corrected chi connectivity index (χ3v) is 5.59. The van der Waals surface area contributed by atoms with Gasteiger partial charge in [0.2, 0.25) is 0 Å². The lowest BCUT2D eigenvalue weighted by Crippen LogP contribution is -2.41. The molecule has 0 radical (unpaired) electrons. The molecule has 0 spiro atoms. The molecule has 1 aromatic carbocycles. The zero-order chi connectivity index (χ0) is 19.2. The maximum absolute atomic E-state index is 10.4. The highest BCUT2D eigenvalue weighted by molar-refractivity contribution is 7.99. The number of thioether (sulfide) groups is 1. The van der Waals surface area contributed by atoms with E-state index < -0.39 is 6.10 Å². The molecular weight excluding hydrogens is 364 g/mol. The Morgan fingerprint density at radius 1 is 1.19 bits per heavy atom. The predicted molar refractivity (Wildman–Crippen MR) is 106 cm³/mol. The third kappa shape index (κ3) is 5.22. The van der Waals surface area contributed by atoms with Gasteiger partial charge in [-0.05, 0) is 38.1 Å². The van der Waals surface area contributed by atoms with Gasteiger partial charge < -0.3 is 14.6 Å². The topological polar surface area (TPSA) is 72.6 Å². The van der Waals surface area contributed by atoms with Crippen LogP contribution >= 0.6 is 11.8 Å². The second-order valence-corrected chi connectivity index (χ2v) is 7.86. The second kappa shape index (κ2) is 9.54. The van der Waals surface area contributed by atoms with Gasteiger partial charge >= 0.3 is 0 Å². The molecule has 27 heavy (non-hydrogen) atoms. The van der Waals surface area contributed by atoms with Crippen LogP contribution in [0.3, 0.4) is 0 Å². The van der Waals surface area contributed by atoms with Crippen molar-refractivity contribution in [3.63, 3.8) is 0 Å². The molecule has 1 fully saturated rings. The largest absolute Gasteiger partial charge is 0.497 e. The summed E-state index contributed by atoms with van der Waals surface area (Å²) in [7, 11) is 1.66. The van der Waals surface area contributed by atoms with Crippen LogP contribution in [0.2, 0.25) is 0 Å². The van der Waals surface area contributed by atoms with Gasteiger partial charge in [0.15, 0.2) is 11.0 Å². The van der Waals surface area contributed by atoms with Crippen LogP contribution in [0.5, 0.6) is 5.75 Å². The van der Waals surface area contributed by atoms with Crippen LogP contribution < -0.4 is 4.74 Å². The average molecular weight is 393 g/mol. The van der Waals surface area contributed by atoms with E-state index in [4.69, 9.17) is 9.47 Å². The van der Waals surface area contributed by atoms with E-state index in [1.807, 2.05) is 24.3 Å². The fourth-order valence-corrected chi connectivity index (χ4v) is 4.06. The SMILES string of the molecule is COc1ccc(-c2nnc(SC[C@H](O)CN3CCOCC3)n2C(C)C)cc1. The Labute approximate surface area is 164 Å². The maximum atomic E-state index is 10.4. The highest BCUT2D eigenvalue weighted by Gasteiger charge is 2.20. The molecule has 0 bridgehead atoms. The minimum absolute atomic E-state index is 0.219. The Balaban J connectivity index is 1.67. The lowest BCUT2D eigenvalue weighted by molar-refractivity contribution is 0.0188. The minimum atomic E-state index is -0.408. The van der Waals surface area contributed by atoms with Gasteiger partial charge in [0.25, 0.3) is 0 Å². The molecule has 1 aromatic heterocycles. The Morgan fingerprint density at radius 2 is 1.89 bits per heavy atom. The molecule has 7 nitrogen and oxygen atoms in total. The average Bonchev–Trinajstić information content (AvgIpc) is 3.11. The summed E-state index contributed by atoms with van der Waals surface area (Å²) in [6.07, 6.45) is -0.408. The summed E-state index contributed by atoms with van der Waals surface area (Å²) < 4.78 is 12.7. The summed E-state index contributed by atoms with van der Waals surface area (Å²) in [5.41, 5.74) is 0.998. The van der Waals surface area contributed by atoms with Crippen molar-refractivity contribution in [2.75, 3.05) is 45.7 Å². The molecule has 1 N–H and O–H groups in total. The Hall–Kier alpha value is -1.61. The number of methoxy groups -OCH3 is 1. The van der Waals surface area contributed by atoms with Gasteiger partial charge in [0.1, 0.15) is 5.75 Å². The number of ether oxygens (including phenoxy) is 2. The van der Waals surface area contributed by atoms with Crippen LogP contribution in [0.15, 0.2) is 29.4 Å². The normalized spacial score (nSPS) is 16.6. The van der Waals surface area contributed by atoms with E-state index in [0.717, 1.165) is 48.6 Å². The van der Waals surface area contributed by atoms with E-state index in [-0.39, 0.29) is 6.04 Å². The van der Waals surface area contributed by atoms with Crippen molar-refractivity contribution in [2.45, 2.75) is 31.1 Å². The molecule has 0 aliphatic carbocycles. The lowest BCUT2D eigenvalue weighted by Gasteiger charge is -2.28. The smallest absolute Gasteiger partial charge is 0.191 e. The molecule has 0 amide bonds. The highest BCUT2D eigenvalue weighted by atomic mass is 32.2. The lowest BCUT2D eigenvalue weighted by atomic mass is 10.2. The molecule has 0 unspecified atom stereocenters. The first-order valence-corrected chi connectivity index (χ1v) is 10.3. The van der Waals surface area contributed by atoms with Gasteiger partial charge in [-0.1, -0.05) is 11.8 Å². The van der Waals surface area contributed by atoms with E-state index in [2.05, 4.69) is 33.5 Å². The van der Waals surface area contributed by atoms with Crippen LogP contribution in [0, 0.1) is 0 Å². The number of morpholine rings is 1. The molecule has 148 valence electrons. The maximum Gasteiger partial charge on any atom is 0.191 e. The Morgan fingerprint density at radius 3 is 2.52 bits per heavy atom. The molecule has 2 aromatic rings. The Bertz CT molecular complexity index is 714. The number of hydrogen-bond acceptors (Lipinski definition) is 7. The first kappa shape index (κ1) is 20.1. The summed E-state index contributed by atoms with van der Waals surface area (Å²) in [6, 6.07) is 8.05. The Kier molecular flexibility index (Phi) is 7.12. The molecule has 8 heteroatoms. The number of aliphatic hydroxyl groups excluding tert-OH is 1. The molecule has 1 aliphatic rings. The number of hydrogen-bond donors (Lipinski definition) is 1. The number of β-amino-alcohol motifs (C(OH)–C–C–N with tert-alkyl or cyclic N) is 1. The molecule has 0 saturated carbocycles. The summed E-state index contributed by atoms with van der Waals surface area (Å²) in [6.45, 7) is 8.14. The summed E-state index contributed by atoms with van der Waals surface area (Å²) in [5, 5.41) is 20.0. The van der Waals surface area contributed by atoms with Crippen molar-refractivity contribution in [1.82, 2.24) is 19.7 Å². The molecule has 1 atom stereocenters. The fourth-order valence-electron chi connectivity index (χ4n) is 3.08. The number of aromatic nitrogens is 3. The fraction of sp³-hybridized carbons (Fsp3) is 0.579. The van der Waals surface area contributed by atoms with Crippen LogP contribution in [0.4, 0.5) is 0 Å². The number of nitrogens with zero attached hydrogens (tertiary/aromatic N) is 4. The number of benzene rings is 1. The van der Waals surface area contributed by atoms with E-state index in [0.29, 0.717) is 12.3 Å². The van der Waals surface area contributed by atoms with Gasteiger partial charge in [0, 0.05) is 37.0 Å². The van der Waals surface area contributed by atoms with E-state index in [1.54, 1.807) is 18.9 Å². The van der Waals surface area contributed by atoms with Crippen molar-refractivity contribution in [3.05, 3.63) is 24.3 Å². The molecular formula is C19H28N4O3S. The quantitative estimate of drug-likeness (QED) is 0.691. The first-order valence-electron chi connectivity index (χ1n) is 9.28. The van der Waals surface area contributed by atoms with E-state index in [9.17, 15) is 5.11 Å². The van der Waals surface area contributed by atoms with Crippen molar-refractivity contribution in [3.8, 4) is 17.1 Å². The van der Waals surface area contributed by atoms with Gasteiger partial charge in [-0.15, -0.1) is 10.2 Å². The van der Waals surface area contributed by atoms with Crippen molar-refractivity contribution in [2.24, 2.45) is 0 Å². The molecule has 1 aliphatic heterocycles. The standard InChI is InChI=1S/C19H28N4O3S/c1-14(2)23-18(15-4-6-17(25-3)7-5-15)20-21-19(23)27-13-16(24)12-22-8-10-26-11-9-22/h4-7,14,16,24H,8-13H2,1-3H3/t16-/m1/s1. The van der Waals surface area contributed by atoms with Crippen molar-refractivity contribution in [1.29, 1.82) is 0 Å². The zero-order valence-corrected chi connectivity index (χ0v) is 17.0. The van der Waals surface area contributed by atoms with Crippen LogP contribution in [-0.4, -0.2) is 76.6 Å². The monoisotopic (exact) mass is 392 g/mol. The van der Waals surface area contributed by atoms with E-state index in [1.165, 1.54) is 0 Å². The summed E-state index contributed by atoms with van der Waals surface area (Å²) in [5.74, 6) is 2.23. The van der Waals surface area contributed by atoms with Crippen LogP contribution in [0.25, 0.3) is 11.4 Å². The second-order valence-electron chi connectivity index (χ2n) is 6.88. The molecule has 2 heterocycles. The van der Waals surface area contributed by atoms with Crippen molar-refractivity contribution >= 4 is 11.8 Å². The zero-order valence-electron chi connectivity index (χ0n) is 16.2. The highest BCUT2D eigenvalue weighted by Crippen LogP contribution is 2.29. The first-order chi connectivity index (χ1) is 13.1. The van der Waals surface area contributed by atoms with Crippen LogP contribution in [-0.2, 0) is 4.74 Å². The number of aliphatic hydroxyl groups is 1.